The van der Waals surface area contributed by atoms with Crippen LogP contribution in [0.5, 0.6) is 0 Å². The topological polar surface area (TPSA) is 86.3 Å². The summed E-state index contributed by atoms with van der Waals surface area (Å²) >= 11 is 0. The number of likely N-dealkylation sites (tertiary alicyclic amines) is 1. The molecule has 1 atom stereocenters. The van der Waals surface area contributed by atoms with Crippen LogP contribution in [0.2, 0.25) is 0 Å². The molecule has 3 fully saturated rings. The predicted octanol–water partition coefficient (Wildman–Crippen LogP) is 2.98. The van der Waals surface area contributed by atoms with Crippen LogP contribution in [0.15, 0.2) is 10.6 Å². The Morgan fingerprint density at radius 2 is 2.07 bits per heavy atom. The van der Waals surface area contributed by atoms with Gasteiger partial charge in [-0.2, -0.15) is 10.1 Å². The Bertz CT molecular complexity index is 912. The van der Waals surface area contributed by atoms with Crippen LogP contribution in [0.3, 0.4) is 0 Å². The highest BCUT2D eigenvalue weighted by molar-refractivity contribution is 5.92. The minimum absolute atomic E-state index is 0.0473. The van der Waals surface area contributed by atoms with Gasteiger partial charge in [-0.1, -0.05) is 18.0 Å². The summed E-state index contributed by atoms with van der Waals surface area (Å²) in [7, 11) is 1.83. The summed E-state index contributed by atoms with van der Waals surface area (Å²) in [5.41, 5.74) is 1.29. The lowest BCUT2D eigenvalue weighted by Crippen LogP contribution is -2.49. The third-order valence-corrected chi connectivity index (χ3v) is 6.95. The first-order chi connectivity index (χ1) is 14.5. The molecule has 0 aromatic carbocycles. The normalized spacial score (nSPS) is 25.6. The van der Waals surface area contributed by atoms with E-state index in [1.54, 1.807) is 4.68 Å². The maximum atomic E-state index is 13.3. The van der Waals surface area contributed by atoms with E-state index in [4.69, 9.17) is 14.2 Å². The minimum atomic E-state index is -0.213. The lowest BCUT2D eigenvalue weighted by Gasteiger charge is -2.41. The number of hydrogen-bond acceptors (Lipinski definition) is 6. The lowest BCUT2D eigenvalue weighted by molar-refractivity contribution is 0.0596. The van der Waals surface area contributed by atoms with E-state index >= 15 is 0 Å². The summed E-state index contributed by atoms with van der Waals surface area (Å²) in [6, 6.07) is 1.87. The highest BCUT2D eigenvalue weighted by Gasteiger charge is 2.46. The Morgan fingerprint density at radius 1 is 1.27 bits per heavy atom. The van der Waals surface area contributed by atoms with Gasteiger partial charge in [0, 0.05) is 39.3 Å². The summed E-state index contributed by atoms with van der Waals surface area (Å²) in [5, 5.41) is 8.83. The molecule has 1 saturated carbocycles. The molecule has 162 valence electrons. The Kier molecular flexibility index (Phi) is 5.13. The zero-order valence-electron chi connectivity index (χ0n) is 18.0. The molecule has 30 heavy (non-hydrogen) atoms. The molecule has 8 nitrogen and oxygen atoms in total. The van der Waals surface area contributed by atoms with Crippen molar-refractivity contribution in [2.24, 2.45) is 13.0 Å². The Morgan fingerprint density at radius 3 is 2.77 bits per heavy atom. The number of amides is 1. The molecule has 2 aromatic heterocycles. The third-order valence-electron chi connectivity index (χ3n) is 6.95. The van der Waals surface area contributed by atoms with E-state index in [-0.39, 0.29) is 17.2 Å². The number of carbonyl (C=O) groups is 1. The van der Waals surface area contributed by atoms with Crippen molar-refractivity contribution in [2.75, 3.05) is 26.3 Å². The molecule has 0 radical (unpaired) electrons. The van der Waals surface area contributed by atoms with E-state index in [9.17, 15) is 4.79 Å². The summed E-state index contributed by atoms with van der Waals surface area (Å²) in [5.74, 6) is 2.59. The zero-order chi connectivity index (χ0) is 20.7. The van der Waals surface area contributed by atoms with Crippen LogP contribution in [0.25, 0.3) is 0 Å². The molecular weight excluding hydrogens is 382 g/mol. The first kappa shape index (κ1) is 19.7. The highest BCUT2D eigenvalue weighted by atomic mass is 16.5. The zero-order valence-corrected chi connectivity index (χ0v) is 18.0. The standard InChI is InChI=1S/C22H31N5O3/c1-15-12-18(26(2)24-15)20(28)27-9-3-8-22(14-27,13-16-4-5-16)21-23-19(30-25-21)17-6-10-29-11-7-17/h12,16-17H,3-11,13-14H2,1-2H3. The van der Waals surface area contributed by atoms with Crippen LogP contribution >= 0.6 is 0 Å². The number of carbonyl (C=O) groups excluding carboxylic acids is 1. The number of hydrogen-bond donors (Lipinski definition) is 0. The van der Waals surface area contributed by atoms with Crippen molar-refractivity contribution in [1.82, 2.24) is 24.8 Å². The minimum Gasteiger partial charge on any atom is -0.381 e. The van der Waals surface area contributed by atoms with E-state index in [2.05, 4.69) is 10.3 Å². The smallest absolute Gasteiger partial charge is 0.272 e. The molecule has 0 spiro atoms. The van der Waals surface area contributed by atoms with E-state index in [1.807, 2.05) is 24.9 Å². The van der Waals surface area contributed by atoms with Gasteiger partial charge in [-0.15, -0.1) is 0 Å². The van der Waals surface area contributed by atoms with E-state index in [0.717, 1.165) is 69.3 Å². The van der Waals surface area contributed by atoms with Crippen LogP contribution in [0, 0.1) is 12.8 Å². The summed E-state index contributed by atoms with van der Waals surface area (Å²) in [4.78, 5) is 20.2. The van der Waals surface area contributed by atoms with Gasteiger partial charge in [0.15, 0.2) is 5.82 Å². The van der Waals surface area contributed by atoms with Gasteiger partial charge in [-0.3, -0.25) is 9.48 Å². The van der Waals surface area contributed by atoms with Crippen molar-refractivity contribution in [1.29, 1.82) is 0 Å². The molecule has 4 heterocycles. The van der Waals surface area contributed by atoms with E-state index in [1.165, 1.54) is 12.8 Å². The SMILES string of the molecule is Cc1cc(C(=O)N2CCCC(CC3CC3)(c3noc(C4CCOCC4)n3)C2)n(C)n1. The molecule has 2 aromatic rings. The molecule has 1 aliphatic carbocycles. The maximum Gasteiger partial charge on any atom is 0.272 e. The fraction of sp³-hybridized carbons (Fsp3) is 0.727. The lowest BCUT2D eigenvalue weighted by atomic mass is 9.74. The van der Waals surface area contributed by atoms with Crippen LogP contribution < -0.4 is 0 Å². The molecule has 8 heteroatoms. The molecule has 5 rings (SSSR count). The third kappa shape index (κ3) is 3.77. The van der Waals surface area contributed by atoms with Crippen molar-refractivity contribution in [2.45, 2.75) is 63.2 Å². The summed E-state index contributed by atoms with van der Waals surface area (Å²) in [6.45, 7) is 4.84. The average molecular weight is 414 g/mol. The molecule has 2 aliphatic heterocycles. The second kappa shape index (κ2) is 7.80. The number of rotatable bonds is 5. The van der Waals surface area contributed by atoms with Crippen LogP contribution in [-0.4, -0.2) is 57.0 Å². The van der Waals surface area contributed by atoms with Crippen molar-refractivity contribution in [3.8, 4) is 0 Å². The van der Waals surface area contributed by atoms with Crippen molar-refractivity contribution in [3.05, 3.63) is 29.2 Å². The second-order valence-corrected chi connectivity index (χ2v) is 9.40. The fourth-order valence-corrected chi connectivity index (χ4v) is 5.15. The largest absolute Gasteiger partial charge is 0.381 e. The monoisotopic (exact) mass is 413 g/mol. The number of aryl methyl sites for hydroxylation is 2. The van der Waals surface area contributed by atoms with Crippen molar-refractivity contribution >= 4 is 5.91 Å². The summed E-state index contributed by atoms with van der Waals surface area (Å²) < 4.78 is 12.9. The molecule has 1 unspecified atom stereocenters. The van der Waals surface area contributed by atoms with Crippen LogP contribution in [0.4, 0.5) is 0 Å². The first-order valence-electron chi connectivity index (χ1n) is 11.3. The maximum absolute atomic E-state index is 13.3. The van der Waals surface area contributed by atoms with Gasteiger partial charge in [0.2, 0.25) is 5.89 Å². The quantitative estimate of drug-likeness (QED) is 0.749. The number of nitrogens with zero attached hydrogens (tertiary/aromatic N) is 5. The van der Waals surface area contributed by atoms with Gasteiger partial charge in [0.1, 0.15) is 5.69 Å². The Labute approximate surface area is 177 Å². The second-order valence-electron chi connectivity index (χ2n) is 9.40. The van der Waals surface area contributed by atoms with Gasteiger partial charge >= 0.3 is 0 Å². The molecule has 1 amide bonds. The van der Waals surface area contributed by atoms with Gasteiger partial charge in [0.25, 0.3) is 5.91 Å². The number of aromatic nitrogens is 4. The molecule has 2 saturated heterocycles. The number of ether oxygens (including phenoxy) is 1. The van der Waals surface area contributed by atoms with E-state index in [0.29, 0.717) is 18.2 Å². The molecule has 3 aliphatic rings. The van der Waals surface area contributed by atoms with Gasteiger partial charge in [0.05, 0.1) is 11.1 Å². The molecule has 0 bridgehead atoms. The van der Waals surface area contributed by atoms with Crippen molar-refractivity contribution in [3.63, 3.8) is 0 Å². The van der Waals surface area contributed by atoms with Gasteiger partial charge < -0.3 is 14.2 Å². The fourth-order valence-electron chi connectivity index (χ4n) is 5.15. The Balaban J connectivity index is 1.41. The van der Waals surface area contributed by atoms with Gasteiger partial charge in [-0.05, 0) is 51.0 Å². The number of piperidine rings is 1. The van der Waals surface area contributed by atoms with Crippen molar-refractivity contribution < 1.29 is 14.1 Å². The van der Waals surface area contributed by atoms with Crippen LogP contribution in [0.1, 0.15) is 78.8 Å². The average Bonchev–Trinajstić information content (AvgIpc) is 3.29. The summed E-state index contributed by atoms with van der Waals surface area (Å²) in [6.07, 6.45) is 7.39. The first-order valence-corrected chi connectivity index (χ1v) is 11.3. The predicted molar refractivity (Wildman–Crippen MR) is 109 cm³/mol. The van der Waals surface area contributed by atoms with Crippen LogP contribution in [-0.2, 0) is 17.2 Å². The molecule has 0 N–H and O–H groups in total. The van der Waals surface area contributed by atoms with Gasteiger partial charge in [-0.25, -0.2) is 0 Å². The Hall–Kier alpha value is -2.22. The van der Waals surface area contributed by atoms with E-state index < -0.39 is 0 Å². The highest BCUT2D eigenvalue weighted by Crippen LogP contribution is 2.46. The molecular formula is C22H31N5O3.